The van der Waals surface area contributed by atoms with E-state index < -0.39 is 0 Å². The van der Waals surface area contributed by atoms with Gasteiger partial charge in [-0.05, 0) is 30.5 Å². The average molecular weight is 328 g/mol. The second-order valence-corrected chi connectivity index (χ2v) is 5.58. The molecule has 1 unspecified atom stereocenters. The van der Waals surface area contributed by atoms with Gasteiger partial charge in [0.05, 0.1) is 5.69 Å². The van der Waals surface area contributed by atoms with Crippen molar-refractivity contribution in [3.63, 3.8) is 0 Å². The van der Waals surface area contributed by atoms with Gasteiger partial charge in [-0.1, -0.05) is 13.8 Å². The van der Waals surface area contributed by atoms with Crippen molar-refractivity contribution in [2.45, 2.75) is 26.3 Å². The Bertz CT molecular complexity index is 549. The molecule has 1 aliphatic rings. The van der Waals surface area contributed by atoms with Crippen LogP contribution in [0.25, 0.3) is 0 Å². The van der Waals surface area contributed by atoms with Crippen LogP contribution in [0.3, 0.4) is 0 Å². The minimum Gasteiger partial charge on any atom is -0.482 e. The lowest BCUT2D eigenvalue weighted by Crippen LogP contribution is -2.41. The molecule has 7 heteroatoms. The minimum absolute atomic E-state index is 0. The topological polar surface area (TPSA) is 93.5 Å². The molecule has 1 heterocycles. The molecule has 2 amide bonds. The molecule has 0 bridgehead atoms. The SMILES string of the molecule is CC(C)CC(CN)NC(=O)c1ccc2c(c1)NC(=O)CO2.Cl. The van der Waals surface area contributed by atoms with Crippen LogP contribution in [-0.4, -0.2) is 31.0 Å². The summed E-state index contributed by atoms with van der Waals surface area (Å²) in [5.74, 6) is 0.604. The normalized spacial score (nSPS) is 14.3. The molecule has 4 N–H and O–H groups in total. The van der Waals surface area contributed by atoms with Gasteiger partial charge < -0.3 is 21.1 Å². The van der Waals surface area contributed by atoms with Crippen LogP contribution in [-0.2, 0) is 4.79 Å². The Kier molecular flexibility index (Phi) is 6.64. The predicted molar refractivity (Wildman–Crippen MR) is 87.6 cm³/mol. The Morgan fingerprint density at radius 3 is 2.82 bits per heavy atom. The van der Waals surface area contributed by atoms with Gasteiger partial charge in [0.1, 0.15) is 5.75 Å². The van der Waals surface area contributed by atoms with Crippen molar-refractivity contribution in [3.8, 4) is 5.75 Å². The maximum atomic E-state index is 12.2. The van der Waals surface area contributed by atoms with Gasteiger partial charge in [0, 0.05) is 18.2 Å². The van der Waals surface area contributed by atoms with E-state index in [-0.39, 0.29) is 36.9 Å². The molecule has 1 aromatic carbocycles. The molecule has 0 aromatic heterocycles. The molecule has 0 fully saturated rings. The Morgan fingerprint density at radius 2 is 2.18 bits per heavy atom. The summed E-state index contributed by atoms with van der Waals surface area (Å²) in [6, 6.07) is 4.92. The number of fused-ring (bicyclic) bond motifs is 1. The van der Waals surface area contributed by atoms with Crippen molar-refractivity contribution in [2.75, 3.05) is 18.5 Å². The van der Waals surface area contributed by atoms with Gasteiger partial charge in [0.25, 0.3) is 11.8 Å². The quantitative estimate of drug-likeness (QED) is 0.764. The van der Waals surface area contributed by atoms with Gasteiger partial charge in [0.15, 0.2) is 6.61 Å². The fourth-order valence-corrected chi connectivity index (χ4v) is 2.28. The fourth-order valence-electron chi connectivity index (χ4n) is 2.28. The van der Waals surface area contributed by atoms with Crippen molar-refractivity contribution < 1.29 is 14.3 Å². The van der Waals surface area contributed by atoms with Crippen LogP contribution < -0.4 is 21.1 Å². The first-order chi connectivity index (χ1) is 9.99. The number of anilines is 1. The Labute approximate surface area is 136 Å². The number of benzene rings is 1. The zero-order valence-electron chi connectivity index (χ0n) is 12.7. The monoisotopic (exact) mass is 327 g/mol. The number of amides is 2. The second-order valence-electron chi connectivity index (χ2n) is 5.58. The number of hydrogen-bond acceptors (Lipinski definition) is 4. The van der Waals surface area contributed by atoms with E-state index in [4.69, 9.17) is 10.5 Å². The first-order valence-electron chi connectivity index (χ1n) is 7.07. The number of hydrogen-bond donors (Lipinski definition) is 3. The number of rotatable bonds is 5. The first-order valence-corrected chi connectivity index (χ1v) is 7.07. The minimum atomic E-state index is -0.222. The van der Waals surface area contributed by atoms with Crippen molar-refractivity contribution in [1.82, 2.24) is 5.32 Å². The van der Waals surface area contributed by atoms with E-state index in [2.05, 4.69) is 24.5 Å². The molecule has 1 atom stereocenters. The zero-order chi connectivity index (χ0) is 15.4. The van der Waals surface area contributed by atoms with E-state index >= 15 is 0 Å². The van der Waals surface area contributed by atoms with Gasteiger partial charge in [0.2, 0.25) is 0 Å². The van der Waals surface area contributed by atoms with E-state index in [1.807, 2.05) is 0 Å². The molecule has 0 spiro atoms. The van der Waals surface area contributed by atoms with Crippen molar-refractivity contribution in [2.24, 2.45) is 11.7 Å². The lowest BCUT2D eigenvalue weighted by molar-refractivity contribution is -0.118. The molecular formula is C15H22ClN3O3. The highest BCUT2D eigenvalue weighted by atomic mass is 35.5. The maximum absolute atomic E-state index is 12.2. The van der Waals surface area contributed by atoms with E-state index in [9.17, 15) is 9.59 Å². The van der Waals surface area contributed by atoms with Crippen molar-refractivity contribution >= 4 is 29.9 Å². The number of carbonyl (C=O) groups excluding carboxylic acids is 2. The van der Waals surface area contributed by atoms with Crippen molar-refractivity contribution in [3.05, 3.63) is 23.8 Å². The van der Waals surface area contributed by atoms with Crippen LogP contribution >= 0.6 is 12.4 Å². The van der Waals surface area contributed by atoms with Crippen molar-refractivity contribution in [1.29, 1.82) is 0 Å². The summed E-state index contributed by atoms with van der Waals surface area (Å²) in [5.41, 5.74) is 6.68. The summed E-state index contributed by atoms with van der Waals surface area (Å²) in [4.78, 5) is 23.5. The maximum Gasteiger partial charge on any atom is 0.262 e. The van der Waals surface area contributed by atoms with Gasteiger partial charge in [-0.2, -0.15) is 0 Å². The average Bonchev–Trinajstić information content (AvgIpc) is 2.45. The molecule has 122 valence electrons. The summed E-state index contributed by atoms with van der Waals surface area (Å²) in [5, 5.41) is 5.60. The number of nitrogens with two attached hydrogens (primary N) is 1. The molecule has 0 radical (unpaired) electrons. The lowest BCUT2D eigenvalue weighted by Gasteiger charge is -2.21. The summed E-state index contributed by atoms with van der Waals surface area (Å²) < 4.78 is 5.26. The summed E-state index contributed by atoms with van der Waals surface area (Å²) >= 11 is 0. The summed E-state index contributed by atoms with van der Waals surface area (Å²) in [6.07, 6.45) is 0.826. The van der Waals surface area contributed by atoms with Gasteiger partial charge >= 0.3 is 0 Å². The highest BCUT2D eigenvalue weighted by molar-refractivity contribution is 5.99. The molecular weight excluding hydrogens is 306 g/mol. The van der Waals surface area contributed by atoms with Crippen LogP contribution in [0, 0.1) is 5.92 Å². The fraction of sp³-hybridized carbons (Fsp3) is 0.467. The summed E-state index contributed by atoms with van der Waals surface area (Å²) in [7, 11) is 0. The van der Waals surface area contributed by atoms with E-state index in [1.165, 1.54) is 0 Å². The number of carbonyl (C=O) groups is 2. The summed E-state index contributed by atoms with van der Waals surface area (Å²) in [6.45, 7) is 4.57. The highest BCUT2D eigenvalue weighted by Crippen LogP contribution is 2.28. The van der Waals surface area contributed by atoms with E-state index in [0.717, 1.165) is 6.42 Å². The number of ether oxygens (including phenoxy) is 1. The third-order valence-electron chi connectivity index (χ3n) is 3.25. The zero-order valence-corrected chi connectivity index (χ0v) is 13.5. The van der Waals surface area contributed by atoms with Crippen LogP contribution in [0.1, 0.15) is 30.6 Å². The number of nitrogens with one attached hydrogen (secondary N) is 2. The molecule has 0 saturated heterocycles. The standard InChI is InChI=1S/C15H21N3O3.ClH/c1-9(2)5-11(7-16)17-15(20)10-3-4-13-12(6-10)18-14(19)8-21-13;/h3-4,6,9,11H,5,7-8,16H2,1-2H3,(H,17,20)(H,18,19);1H. The van der Waals surface area contributed by atoms with Gasteiger partial charge in [-0.15, -0.1) is 12.4 Å². The van der Waals surface area contributed by atoms with E-state index in [0.29, 0.717) is 29.5 Å². The first kappa shape index (κ1) is 18.3. The molecule has 0 saturated carbocycles. The largest absolute Gasteiger partial charge is 0.482 e. The third-order valence-corrected chi connectivity index (χ3v) is 3.25. The lowest BCUT2D eigenvalue weighted by atomic mass is 10.0. The molecule has 2 rings (SSSR count). The number of halogens is 1. The van der Waals surface area contributed by atoms with Crippen LogP contribution in [0.4, 0.5) is 5.69 Å². The molecule has 0 aliphatic carbocycles. The molecule has 1 aromatic rings. The second kappa shape index (κ2) is 8.00. The predicted octanol–water partition coefficient (Wildman–Crippen LogP) is 1.54. The molecule has 1 aliphatic heterocycles. The highest BCUT2D eigenvalue weighted by Gasteiger charge is 2.19. The van der Waals surface area contributed by atoms with Crippen LogP contribution in [0.2, 0.25) is 0 Å². The Morgan fingerprint density at radius 1 is 1.45 bits per heavy atom. The van der Waals surface area contributed by atoms with Crippen LogP contribution in [0.5, 0.6) is 5.75 Å². The van der Waals surface area contributed by atoms with Gasteiger partial charge in [-0.25, -0.2) is 0 Å². The molecule has 22 heavy (non-hydrogen) atoms. The Hall–Kier alpha value is -1.79. The Balaban J connectivity index is 0.00000242. The molecule has 6 nitrogen and oxygen atoms in total. The third kappa shape index (κ3) is 4.61. The van der Waals surface area contributed by atoms with E-state index in [1.54, 1.807) is 18.2 Å². The van der Waals surface area contributed by atoms with Gasteiger partial charge in [-0.3, -0.25) is 9.59 Å². The van der Waals surface area contributed by atoms with Crippen LogP contribution in [0.15, 0.2) is 18.2 Å². The smallest absolute Gasteiger partial charge is 0.262 e.